The number of halogens is 1. The number of aromatic nitrogens is 1. The molecule has 1 saturated heterocycles. The van der Waals surface area contributed by atoms with Gasteiger partial charge in [-0.1, -0.05) is 6.92 Å². The van der Waals surface area contributed by atoms with Crippen molar-refractivity contribution >= 4 is 0 Å². The van der Waals surface area contributed by atoms with Crippen LogP contribution in [-0.4, -0.2) is 47.3 Å². The Bertz CT molecular complexity index is 393. The van der Waals surface area contributed by atoms with E-state index < -0.39 is 6.10 Å². The maximum absolute atomic E-state index is 12.8. The van der Waals surface area contributed by atoms with Crippen molar-refractivity contribution < 1.29 is 14.2 Å². The highest BCUT2D eigenvalue weighted by atomic mass is 19.1. The highest BCUT2D eigenvalue weighted by Gasteiger charge is 2.19. The van der Waals surface area contributed by atoms with Gasteiger partial charge in [0.15, 0.2) is 0 Å². The fraction of sp³-hybridized carbons (Fsp3) is 0.667. The van der Waals surface area contributed by atoms with Crippen LogP contribution in [-0.2, 0) is 4.74 Å². The van der Waals surface area contributed by atoms with Gasteiger partial charge in [-0.3, -0.25) is 4.98 Å². The number of ether oxygens (including phenoxy) is 1. The zero-order valence-corrected chi connectivity index (χ0v) is 12.0. The largest absolute Gasteiger partial charge is 0.387 e. The highest BCUT2D eigenvalue weighted by molar-refractivity contribution is 5.07. The van der Waals surface area contributed by atoms with Gasteiger partial charge in [0.2, 0.25) is 0 Å². The van der Waals surface area contributed by atoms with Crippen LogP contribution in [0.1, 0.15) is 38.0 Å². The number of nitrogens with zero attached hydrogens (tertiary/aromatic N) is 2. The lowest BCUT2D eigenvalue weighted by atomic mass is 10.1. The summed E-state index contributed by atoms with van der Waals surface area (Å²) < 4.78 is 18.4. The normalized spacial score (nSPS) is 20.5. The van der Waals surface area contributed by atoms with Crippen LogP contribution in [0.5, 0.6) is 0 Å². The molecule has 20 heavy (non-hydrogen) atoms. The Labute approximate surface area is 119 Å². The van der Waals surface area contributed by atoms with Crippen LogP contribution in [0.25, 0.3) is 0 Å². The van der Waals surface area contributed by atoms with E-state index in [0.717, 1.165) is 45.3 Å². The van der Waals surface area contributed by atoms with E-state index in [0.29, 0.717) is 18.2 Å². The Morgan fingerprint density at radius 2 is 2.40 bits per heavy atom. The van der Waals surface area contributed by atoms with E-state index in [1.807, 2.05) is 0 Å². The van der Waals surface area contributed by atoms with Gasteiger partial charge in [0.05, 0.1) is 24.1 Å². The number of aliphatic hydroxyl groups excluding tert-OH is 1. The molecule has 2 unspecified atom stereocenters. The molecule has 0 radical (unpaired) electrons. The predicted octanol–water partition coefficient (Wildman–Crippen LogP) is 2.15. The molecule has 5 heteroatoms. The van der Waals surface area contributed by atoms with Crippen LogP contribution in [0.3, 0.4) is 0 Å². The van der Waals surface area contributed by atoms with Crippen LogP contribution in [0.15, 0.2) is 18.3 Å². The predicted molar refractivity (Wildman–Crippen MR) is 74.9 cm³/mol. The van der Waals surface area contributed by atoms with Gasteiger partial charge < -0.3 is 14.7 Å². The Kier molecular flexibility index (Phi) is 5.88. The van der Waals surface area contributed by atoms with Gasteiger partial charge in [-0.2, -0.15) is 0 Å². The number of likely N-dealkylation sites (N-methyl/N-ethyl adjacent to an activating group) is 1. The molecule has 2 rings (SSSR count). The van der Waals surface area contributed by atoms with Crippen molar-refractivity contribution in [3.63, 3.8) is 0 Å². The van der Waals surface area contributed by atoms with Crippen LogP contribution >= 0.6 is 0 Å². The van der Waals surface area contributed by atoms with Crippen molar-refractivity contribution in [2.75, 3.05) is 26.2 Å². The van der Waals surface area contributed by atoms with Crippen molar-refractivity contribution in [1.29, 1.82) is 0 Å². The number of pyridine rings is 1. The zero-order chi connectivity index (χ0) is 14.4. The third kappa shape index (κ3) is 4.51. The molecule has 1 fully saturated rings. The van der Waals surface area contributed by atoms with Crippen molar-refractivity contribution in [2.45, 2.75) is 38.4 Å². The Morgan fingerprint density at radius 3 is 3.00 bits per heavy atom. The summed E-state index contributed by atoms with van der Waals surface area (Å²) in [5.74, 6) is -0.380. The molecule has 4 nitrogen and oxygen atoms in total. The molecule has 0 bridgehead atoms. The third-order valence-corrected chi connectivity index (χ3v) is 3.74. The fourth-order valence-electron chi connectivity index (χ4n) is 2.49. The molecule has 0 spiro atoms. The van der Waals surface area contributed by atoms with E-state index in [9.17, 15) is 9.50 Å². The molecule has 2 atom stereocenters. The number of aliphatic hydroxyl groups is 1. The summed E-state index contributed by atoms with van der Waals surface area (Å²) in [5.41, 5.74) is 0.527. The molecule has 0 aliphatic carbocycles. The first kappa shape index (κ1) is 15.4. The molecular weight excluding hydrogens is 259 g/mol. The summed E-state index contributed by atoms with van der Waals surface area (Å²) in [6.45, 7) is 5.61. The van der Waals surface area contributed by atoms with Gasteiger partial charge in [-0.15, -0.1) is 0 Å². The highest BCUT2D eigenvalue weighted by Crippen LogP contribution is 2.17. The van der Waals surface area contributed by atoms with Gasteiger partial charge in [-0.25, -0.2) is 4.39 Å². The van der Waals surface area contributed by atoms with Crippen LogP contribution < -0.4 is 0 Å². The lowest BCUT2D eigenvalue weighted by Crippen LogP contribution is -2.33. The van der Waals surface area contributed by atoms with Gasteiger partial charge in [-0.05, 0) is 37.9 Å². The molecule has 1 aromatic rings. The maximum atomic E-state index is 12.8. The first-order chi connectivity index (χ1) is 9.69. The van der Waals surface area contributed by atoms with Crippen molar-refractivity contribution in [3.05, 3.63) is 29.8 Å². The smallest absolute Gasteiger partial charge is 0.141 e. The fourth-order valence-corrected chi connectivity index (χ4v) is 2.49. The SMILES string of the molecule is CCN(CCC(O)c1ccc(F)cn1)CC1CCCO1. The summed E-state index contributed by atoms with van der Waals surface area (Å²) in [4.78, 5) is 6.20. The van der Waals surface area contributed by atoms with Gasteiger partial charge in [0.25, 0.3) is 0 Å². The van der Waals surface area contributed by atoms with Crippen molar-refractivity contribution in [2.24, 2.45) is 0 Å². The topological polar surface area (TPSA) is 45.6 Å². The lowest BCUT2D eigenvalue weighted by molar-refractivity contribution is 0.0665. The van der Waals surface area contributed by atoms with E-state index in [1.165, 1.54) is 12.1 Å². The molecule has 2 heterocycles. The minimum absolute atomic E-state index is 0.330. The number of hydrogen-bond acceptors (Lipinski definition) is 4. The summed E-state index contributed by atoms with van der Waals surface area (Å²) in [7, 11) is 0. The first-order valence-corrected chi connectivity index (χ1v) is 7.32. The molecule has 0 amide bonds. The second-order valence-electron chi connectivity index (χ2n) is 5.23. The Morgan fingerprint density at radius 1 is 1.55 bits per heavy atom. The molecule has 1 aromatic heterocycles. The minimum atomic E-state index is -0.644. The second kappa shape index (κ2) is 7.67. The number of hydrogen-bond donors (Lipinski definition) is 1. The second-order valence-corrected chi connectivity index (χ2v) is 5.23. The molecule has 0 aromatic carbocycles. The van der Waals surface area contributed by atoms with Gasteiger partial charge in [0, 0.05) is 19.7 Å². The number of rotatable bonds is 7. The summed E-state index contributed by atoms with van der Waals surface area (Å²) in [6.07, 6.45) is 3.69. The molecule has 0 saturated carbocycles. The Balaban J connectivity index is 1.78. The zero-order valence-electron chi connectivity index (χ0n) is 12.0. The van der Waals surface area contributed by atoms with E-state index in [2.05, 4.69) is 16.8 Å². The molecule has 1 aliphatic rings. The average molecular weight is 282 g/mol. The molecule has 1 aliphatic heterocycles. The summed E-state index contributed by atoms with van der Waals surface area (Å²) in [5, 5.41) is 10.1. The standard InChI is InChI=1S/C15H23FN2O2/c1-2-18(11-13-4-3-9-20-13)8-7-15(19)14-6-5-12(16)10-17-14/h5-6,10,13,15,19H,2-4,7-9,11H2,1H3. The van der Waals surface area contributed by atoms with Crippen LogP contribution in [0.4, 0.5) is 4.39 Å². The Hall–Kier alpha value is -1.04. The first-order valence-electron chi connectivity index (χ1n) is 7.32. The molecule has 1 N–H and O–H groups in total. The van der Waals surface area contributed by atoms with E-state index in [1.54, 1.807) is 0 Å². The molecular formula is C15H23FN2O2. The van der Waals surface area contributed by atoms with Crippen molar-refractivity contribution in [3.8, 4) is 0 Å². The van der Waals surface area contributed by atoms with Crippen molar-refractivity contribution in [1.82, 2.24) is 9.88 Å². The quantitative estimate of drug-likeness (QED) is 0.832. The molecule has 112 valence electrons. The minimum Gasteiger partial charge on any atom is -0.387 e. The third-order valence-electron chi connectivity index (χ3n) is 3.74. The summed E-state index contributed by atoms with van der Waals surface area (Å²) >= 11 is 0. The van der Waals surface area contributed by atoms with Crippen LogP contribution in [0, 0.1) is 5.82 Å². The lowest BCUT2D eigenvalue weighted by Gasteiger charge is -2.24. The maximum Gasteiger partial charge on any atom is 0.141 e. The average Bonchev–Trinajstić information content (AvgIpc) is 2.96. The van der Waals surface area contributed by atoms with E-state index in [4.69, 9.17) is 4.74 Å². The van der Waals surface area contributed by atoms with E-state index >= 15 is 0 Å². The van der Waals surface area contributed by atoms with Crippen LogP contribution in [0.2, 0.25) is 0 Å². The summed E-state index contributed by atoms with van der Waals surface area (Å²) in [6, 6.07) is 2.87. The van der Waals surface area contributed by atoms with Gasteiger partial charge in [0.1, 0.15) is 5.82 Å². The monoisotopic (exact) mass is 282 g/mol. The van der Waals surface area contributed by atoms with Gasteiger partial charge >= 0.3 is 0 Å². The van der Waals surface area contributed by atoms with E-state index in [-0.39, 0.29) is 5.82 Å².